The van der Waals surface area contributed by atoms with Crippen molar-refractivity contribution in [2.24, 2.45) is 0 Å². The van der Waals surface area contributed by atoms with Gasteiger partial charge in [-0.15, -0.1) is 0 Å². The largest absolute Gasteiger partial charge is 0.418 e. The third-order valence-corrected chi connectivity index (χ3v) is 2.12. The van der Waals surface area contributed by atoms with Crippen LogP contribution in [0.3, 0.4) is 0 Å². The molecule has 0 amide bonds. The number of aliphatic hydroxyl groups excluding tert-OH is 1. The summed E-state index contributed by atoms with van der Waals surface area (Å²) in [5, 5.41) is 9.02. The maximum Gasteiger partial charge on any atom is 0.418 e. The second-order valence-corrected chi connectivity index (χ2v) is 3.44. The molecule has 1 rings (SSSR count). The minimum Gasteiger partial charge on any atom is -0.379 e. The highest BCUT2D eigenvalue weighted by atomic mass is 19.4. The molecule has 0 aliphatic carbocycles. The zero-order chi connectivity index (χ0) is 11.5. The van der Waals surface area contributed by atoms with Crippen LogP contribution in [0.25, 0.3) is 0 Å². The van der Waals surface area contributed by atoms with Gasteiger partial charge < -0.3 is 5.11 Å². The molecule has 84 valence electrons. The van der Waals surface area contributed by atoms with E-state index in [0.717, 1.165) is 18.4 Å². The predicted octanol–water partition coefficient (Wildman–Crippen LogP) is 3.23. The maximum atomic E-state index is 12.2. The summed E-state index contributed by atoms with van der Waals surface area (Å²) < 4.78 is 36.6. The molecule has 0 aliphatic heterocycles. The van der Waals surface area contributed by atoms with Gasteiger partial charge in [0.05, 0.1) is 0 Å². The van der Waals surface area contributed by atoms with E-state index in [9.17, 15) is 13.2 Å². The van der Waals surface area contributed by atoms with Crippen molar-refractivity contribution in [3.63, 3.8) is 0 Å². The highest BCUT2D eigenvalue weighted by Crippen LogP contribution is 2.32. The molecule has 1 atom stereocenters. The molecule has 0 bridgehead atoms. The minimum absolute atomic E-state index is 0.0894. The summed E-state index contributed by atoms with van der Waals surface area (Å²) in [4.78, 5) is 0. The molecule has 0 saturated carbocycles. The molecule has 1 nitrogen and oxygen atoms in total. The number of hydrogen-bond donors (Lipinski definition) is 1. The van der Waals surface area contributed by atoms with Gasteiger partial charge in [-0.1, -0.05) is 37.6 Å². The van der Waals surface area contributed by atoms with E-state index < -0.39 is 12.3 Å². The van der Waals surface area contributed by atoms with Crippen LogP contribution in [0.5, 0.6) is 0 Å². The first kappa shape index (κ1) is 12.0. The molecule has 15 heavy (non-hydrogen) atoms. The quantitative estimate of drug-likeness (QED) is 0.825. The van der Waals surface area contributed by atoms with E-state index >= 15 is 0 Å². The third kappa shape index (κ3) is 3.23. The van der Waals surface area contributed by atoms with Crippen molar-refractivity contribution >= 4 is 0 Å². The lowest BCUT2D eigenvalue weighted by Crippen LogP contribution is -2.20. The fourth-order valence-corrected chi connectivity index (χ4v) is 1.40. The Morgan fingerprint density at radius 3 is 2.53 bits per heavy atom. The van der Waals surface area contributed by atoms with Crippen LogP contribution >= 0.6 is 0 Å². The fraction of sp³-hybridized carbons (Fsp3) is 0.455. The van der Waals surface area contributed by atoms with Gasteiger partial charge in [0.25, 0.3) is 0 Å². The molecule has 0 aliphatic rings. The molecule has 1 aromatic carbocycles. The first-order valence-corrected chi connectivity index (χ1v) is 4.78. The van der Waals surface area contributed by atoms with Gasteiger partial charge in [0.1, 0.15) is 0 Å². The summed E-state index contributed by atoms with van der Waals surface area (Å²) in [7, 11) is 0. The molecule has 0 radical (unpaired) electrons. The average molecular weight is 218 g/mol. The second-order valence-electron chi connectivity index (χ2n) is 3.44. The Labute approximate surface area is 86.5 Å². The van der Waals surface area contributed by atoms with Crippen molar-refractivity contribution < 1.29 is 18.3 Å². The number of aryl methyl sites for hydroxylation is 1. The van der Waals surface area contributed by atoms with Gasteiger partial charge >= 0.3 is 6.18 Å². The van der Waals surface area contributed by atoms with Gasteiger partial charge in [-0.05, 0) is 17.5 Å². The van der Waals surface area contributed by atoms with E-state index in [1.165, 1.54) is 18.2 Å². The summed E-state index contributed by atoms with van der Waals surface area (Å²) in [6.07, 6.45) is -5.39. The highest BCUT2D eigenvalue weighted by Gasteiger charge is 2.39. The van der Waals surface area contributed by atoms with Crippen LogP contribution in [0, 0.1) is 0 Å². The summed E-state index contributed by atoms with van der Waals surface area (Å²) >= 11 is 0. The Hall–Kier alpha value is -1.03. The van der Waals surface area contributed by atoms with Gasteiger partial charge in [-0.2, -0.15) is 13.2 Å². The summed E-state index contributed by atoms with van der Waals surface area (Å²) in [6.45, 7) is 1.95. The number of aliphatic hydroxyl groups is 1. The Balaban J connectivity index is 2.90. The molecule has 0 spiro atoms. The number of halogens is 3. The average Bonchev–Trinajstić information content (AvgIpc) is 2.16. The van der Waals surface area contributed by atoms with Gasteiger partial charge in [-0.3, -0.25) is 0 Å². The van der Waals surface area contributed by atoms with Crippen molar-refractivity contribution in [2.45, 2.75) is 32.0 Å². The number of benzene rings is 1. The van der Waals surface area contributed by atoms with Crippen LogP contribution in [0.2, 0.25) is 0 Å². The van der Waals surface area contributed by atoms with Crippen LogP contribution in [-0.2, 0) is 6.42 Å². The Morgan fingerprint density at radius 2 is 2.00 bits per heavy atom. The van der Waals surface area contributed by atoms with E-state index in [0.29, 0.717) is 0 Å². The van der Waals surface area contributed by atoms with Crippen LogP contribution < -0.4 is 0 Å². The van der Waals surface area contributed by atoms with E-state index in [-0.39, 0.29) is 5.56 Å². The molecule has 0 unspecified atom stereocenters. The van der Waals surface area contributed by atoms with Crippen LogP contribution in [0.15, 0.2) is 24.3 Å². The normalized spacial score (nSPS) is 13.9. The lowest BCUT2D eigenvalue weighted by atomic mass is 10.0. The van der Waals surface area contributed by atoms with Crippen LogP contribution in [0.1, 0.15) is 30.6 Å². The molecule has 0 heterocycles. The van der Waals surface area contributed by atoms with E-state index in [4.69, 9.17) is 5.11 Å². The summed E-state index contributed by atoms with van der Waals surface area (Å²) in [5.74, 6) is 0. The highest BCUT2D eigenvalue weighted by molar-refractivity contribution is 5.26. The Kier molecular flexibility index (Phi) is 3.74. The van der Waals surface area contributed by atoms with Gasteiger partial charge in [0.2, 0.25) is 0 Å². The van der Waals surface area contributed by atoms with Gasteiger partial charge in [-0.25, -0.2) is 0 Å². The number of rotatable bonds is 3. The van der Waals surface area contributed by atoms with Crippen molar-refractivity contribution in [1.29, 1.82) is 0 Å². The number of hydrogen-bond acceptors (Lipinski definition) is 1. The topological polar surface area (TPSA) is 20.2 Å². The van der Waals surface area contributed by atoms with E-state index in [2.05, 4.69) is 0 Å². The standard InChI is InChI=1S/C11H13F3O/c1-2-4-8-5-3-6-9(7-8)10(15)11(12,13)14/h3,5-7,10,15H,2,4H2,1H3/t10-/m1/s1. The molecule has 0 saturated heterocycles. The van der Waals surface area contributed by atoms with Crippen molar-refractivity contribution in [3.05, 3.63) is 35.4 Å². The molecular formula is C11H13F3O. The molecule has 1 N–H and O–H groups in total. The molecular weight excluding hydrogens is 205 g/mol. The third-order valence-electron chi connectivity index (χ3n) is 2.12. The summed E-state index contributed by atoms with van der Waals surface area (Å²) in [6, 6.07) is 5.99. The van der Waals surface area contributed by atoms with Crippen LogP contribution in [0.4, 0.5) is 13.2 Å². The smallest absolute Gasteiger partial charge is 0.379 e. The zero-order valence-corrected chi connectivity index (χ0v) is 8.38. The minimum atomic E-state index is -4.59. The molecule has 0 fully saturated rings. The van der Waals surface area contributed by atoms with Gasteiger partial charge in [0.15, 0.2) is 6.10 Å². The first-order valence-electron chi connectivity index (χ1n) is 4.78. The molecule has 1 aromatic rings. The van der Waals surface area contributed by atoms with E-state index in [1.807, 2.05) is 6.92 Å². The lowest BCUT2D eigenvalue weighted by Gasteiger charge is -2.15. The molecule has 0 aromatic heterocycles. The van der Waals surface area contributed by atoms with E-state index in [1.54, 1.807) is 6.07 Å². The zero-order valence-electron chi connectivity index (χ0n) is 8.38. The molecule has 4 heteroatoms. The van der Waals surface area contributed by atoms with Crippen molar-refractivity contribution in [2.75, 3.05) is 0 Å². The predicted molar refractivity (Wildman–Crippen MR) is 51.5 cm³/mol. The summed E-state index contributed by atoms with van der Waals surface area (Å²) in [5.41, 5.74) is 0.728. The maximum absolute atomic E-state index is 12.2. The monoisotopic (exact) mass is 218 g/mol. The van der Waals surface area contributed by atoms with Gasteiger partial charge in [0, 0.05) is 0 Å². The SMILES string of the molecule is CCCc1cccc([C@@H](O)C(F)(F)F)c1. The Morgan fingerprint density at radius 1 is 1.33 bits per heavy atom. The Bertz CT molecular complexity index is 320. The first-order chi connectivity index (χ1) is 6.95. The van der Waals surface area contributed by atoms with Crippen molar-refractivity contribution in [1.82, 2.24) is 0 Å². The van der Waals surface area contributed by atoms with Crippen LogP contribution in [-0.4, -0.2) is 11.3 Å². The second kappa shape index (κ2) is 4.66. The number of alkyl halides is 3. The lowest BCUT2D eigenvalue weighted by molar-refractivity contribution is -0.206. The van der Waals surface area contributed by atoms with Crippen molar-refractivity contribution in [3.8, 4) is 0 Å². The fourth-order valence-electron chi connectivity index (χ4n) is 1.40.